The summed E-state index contributed by atoms with van der Waals surface area (Å²) in [7, 11) is 3.91. The molecule has 0 atom stereocenters. The highest BCUT2D eigenvalue weighted by Crippen LogP contribution is 2.28. The third-order valence-corrected chi connectivity index (χ3v) is 2.20. The van der Waals surface area contributed by atoms with Crippen LogP contribution in [0.25, 0.3) is 0 Å². The smallest absolute Gasteiger partial charge is 0.338 e. The number of carbonyl (C=O) groups excluding carboxylic acids is 1. The van der Waals surface area contributed by atoms with E-state index in [1.54, 1.807) is 6.07 Å². The zero-order valence-electron chi connectivity index (χ0n) is 7.70. The maximum absolute atomic E-state index is 11.2. The molecule has 1 aromatic carbocycles. The zero-order chi connectivity index (χ0) is 9.42. The van der Waals surface area contributed by atoms with Gasteiger partial charge < -0.3 is 9.64 Å². The van der Waals surface area contributed by atoms with Crippen molar-refractivity contribution in [2.75, 3.05) is 19.0 Å². The van der Waals surface area contributed by atoms with Crippen molar-refractivity contribution >= 4 is 11.7 Å². The van der Waals surface area contributed by atoms with Gasteiger partial charge >= 0.3 is 5.97 Å². The Balaban J connectivity index is 2.57. The van der Waals surface area contributed by atoms with Gasteiger partial charge in [-0.2, -0.15) is 0 Å². The van der Waals surface area contributed by atoms with E-state index in [1.807, 2.05) is 31.1 Å². The molecule has 0 fully saturated rings. The van der Waals surface area contributed by atoms with Gasteiger partial charge in [0, 0.05) is 25.3 Å². The predicted octanol–water partition coefficient (Wildman–Crippen LogP) is 1.42. The summed E-state index contributed by atoms with van der Waals surface area (Å²) in [5.41, 5.74) is 2.76. The summed E-state index contributed by atoms with van der Waals surface area (Å²) < 4.78 is 4.95. The minimum absolute atomic E-state index is 0.210. The number of nitrogens with zero attached hydrogens (tertiary/aromatic N) is 1. The molecule has 2 rings (SSSR count). The summed E-state index contributed by atoms with van der Waals surface area (Å²) in [6.07, 6.45) is 0. The Kier molecular flexibility index (Phi) is 1.72. The Morgan fingerprint density at radius 3 is 2.85 bits per heavy atom. The van der Waals surface area contributed by atoms with Crippen LogP contribution in [-0.4, -0.2) is 20.1 Å². The number of benzene rings is 1. The third-order valence-electron chi connectivity index (χ3n) is 2.20. The molecule has 3 heteroatoms. The van der Waals surface area contributed by atoms with Crippen LogP contribution in [-0.2, 0) is 11.3 Å². The molecule has 0 unspecified atom stereocenters. The molecule has 0 radical (unpaired) electrons. The van der Waals surface area contributed by atoms with Crippen LogP contribution in [0.5, 0.6) is 0 Å². The molecule has 1 aliphatic rings. The average Bonchev–Trinajstić information content (AvgIpc) is 2.48. The van der Waals surface area contributed by atoms with Crippen LogP contribution in [0.2, 0.25) is 0 Å². The highest BCUT2D eigenvalue weighted by atomic mass is 16.5. The van der Waals surface area contributed by atoms with E-state index < -0.39 is 0 Å². The number of hydrogen-bond acceptors (Lipinski definition) is 3. The Bertz CT molecular complexity index is 358. The van der Waals surface area contributed by atoms with E-state index in [1.165, 1.54) is 0 Å². The summed E-state index contributed by atoms with van der Waals surface area (Å²) in [5.74, 6) is -0.210. The number of rotatable bonds is 1. The van der Waals surface area contributed by atoms with E-state index >= 15 is 0 Å². The first-order valence-electron chi connectivity index (χ1n) is 4.16. The van der Waals surface area contributed by atoms with Crippen LogP contribution in [0.4, 0.5) is 5.69 Å². The standard InChI is InChI=1S/C10H11NO2/c1-11(2)9-5-3-4-7-8(9)6-13-10(7)12/h3-5H,6H2,1-2H3. The topological polar surface area (TPSA) is 29.5 Å². The molecule has 0 aromatic heterocycles. The SMILES string of the molecule is CN(C)c1cccc2c1COC2=O. The molecule has 0 saturated carbocycles. The van der Waals surface area contributed by atoms with Crippen molar-refractivity contribution in [1.29, 1.82) is 0 Å². The Morgan fingerprint density at radius 1 is 1.38 bits per heavy atom. The van der Waals surface area contributed by atoms with Crippen molar-refractivity contribution < 1.29 is 9.53 Å². The molecule has 68 valence electrons. The number of carbonyl (C=O) groups is 1. The molecule has 0 N–H and O–H groups in total. The van der Waals surface area contributed by atoms with Crippen LogP contribution in [0, 0.1) is 0 Å². The van der Waals surface area contributed by atoms with Crippen LogP contribution in [0.15, 0.2) is 18.2 Å². The van der Waals surface area contributed by atoms with E-state index in [0.717, 1.165) is 11.3 Å². The lowest BCUT2D eigenvalue weighted by Crippen LogP contribution is -2.11. The predicted molar refractivity (Wildman–Crippen MR) is 49.9 cm³/mol. The number of ether oxygens (including phenoxy) is 1. The molecule has 0 aliphatic carbocycles. The fraction of sp³-hybridized carbons (Fsp3) is 0.300. The van der Waals surface area contributed by atoms with Gasteiger partial charge in [-0.25, -0.2) is 4.79 Å². The summed E-state index contributed by atoms with van der Waals surface area (Å²) in [6.45, 7) is 0.405. The Morgan fingerprint density at radius 2 is 2.15 bits per heavy atom. The number of fused-ring (bicyclic) bond motifs is 1. The van der Waals surface area contributed by atoms with Gasteiger partial charge in [0.05, 0.1) is 5.56 Å². The molecule has 1 aromatic rings. The maximum Gasteiger partial charge on any atom is 0.338 e. The van der Waals surface area contributed by atoms with Gasteiger partial charge in [-0.05, 0) is 12.1 Å². The largest absolute Gasteiger partial charge is 0.457 e. The lowest BCUT2D eigenvalue weighted by atomic mass is 10.1. The minimum Gasteiger partial charge on any atom is -0.457 e. The van der Waals surface area contributed by atoms with E-state index in [0.29, 0.717) is 12.2 Å². The Labute approximate surface area is 76.9 Å². The molecule has 1 heterocycles. The van der Waals surface area contributed by atoms with Gasteiger partial charge in [-0.15, -0.1) is 0 Å². The molecule has 0 spiro atoms. The lowest BCUT2D eigenvalue weighted by Gasteiger charge is -2.14. The summed E-state index contributed by atoms with van der Waals surface area (Å²) in [6, 6.07) is 5.67. The molecular formula is C10H11NO2. The van der Waals surface area contributed by atoms with Crippen molar-refractivity contribution in [1.82, 2.24) is 0 Å². The number of cyclic esters (lactones) is 1. The summed E-state index contributed by atoms with van der Waals surface area (Å²) >= 11 is 0. The zero-order valence-corrected chi connectivity index (χ0v) is 7.70. The monoisotopic (exact) mass is 177 g/mol. The normalized spacial score (nSPS) is 13.8. The molecule has 1 aliphatic heterocycles. The van der Waals surface area contributed by atoms with Gasteiger partial charge in [-0.3, -0.25) is 0 Å². The van der Waals surface area contributed by atoms with Crippen LogP contribution >= 0.6 is 0 Å². The highest BCUT2D eigenvalue weighted by molar-refractivity contribution is 5.95. The van der Waals surface area contributed by atoms with Gasteiger partial charge in [0.15, 0.2) is 0 Å². The fourth-order valence-corrected chi connectivity index (χ4v) is 1.55. The molecule has 13 heavy (non-hydrogen) atoms. The van der Waals surface area contributed by atoms with Crippen molar-refractivity contribution in [3.8, 4) is 0 Å². The first kappa shape index (κ1) is 8.10. The highest BCUT2D eigenvalue weighted by Gasteiger charge is 2.23. The van der Waals surface area contributed by atoms with E-state index in [9.17, 15) is 4.79 Å². The first-order chi connectivity index (χ1) is 6.20. The maximum atomic E-state index is 11.2. The number of esters is 1. The van der Waals surface area contributed by atoms with Crippen LogP contribution < -0.4 is 4.90 Å². The van der Waals surface area contributed by atoms with Gasteiger partial charge in [0.25, 0.3) is 0 Å². The average molecular weight is 177 g/mol. The van der Waals surface area contributed by atoms with E-state index in [-0.39, 0.29) is 5.97 Å². The second kappa shape index (κ2) is 2.76. The van der Waals surface area contributed by atoms with Crippen molar-refractivity contribution in [2.45, 2.75) is 6.61 Å². The van der Waals surface area contributed by atoms with Crippen molar-refractivity contribution in [2.24, 2.45) is 0 Å². The van der Waals surface area contributed by atoms with E-state index in [4.69, 9.17) is 4.74 Å². The van der Waals surface area contributed by atoms with E-state index in [2.05, 4.69) is 0 Å². The van der Waals surface area contributed by atoms with Crippen molar-refractivity contribution in [3.63, 3.8) is 0 Å². The quantitative estimate of drug-likeness (QED) is 0.607. The molecular weight excluding hydrogens is 166 g/mol. The second-order valence-corrected chi connectivity index (χ2v) is 3.27. The molecule has 0 bridgehead atoms. The van der Waals surface area contributed by atoms with Crippen LogP contribution in [0.1, 0.15) is 15.9 Å². The summed E-state index contributed by atoms with van der Waals surface area (Å²) in [4.78, 5) is 13.2. The second-order valence-electron chi connectivity index (χ2n) is 3.27. The molecule has 3 nitrogen and oxygen atoms in total. The molecule has 0 saturated heterocycles. The summed E-state index contributed by atoms with van der Waals surface area (Å²) in [5, 5.41) is 0. The molecule has 0 amide bonds. The van der Waals surface area contributed by atoms with Gasteiger partial charge in [0.1, 0.15) is 6.61 Å². The van der Waals surface area contributed by atoms with Gasteiger partial charge in [0.2, 0.25) is 0 Å². The van der Waals surface area contributed by atoms with Gasteiger partial charge in [-0.1, -0.05) is 6.07 Å². The number of anilines is 1. The van der Waals surface area contributed by atoms with Crippen LogP contribution in [0.3, 0.4) is 0 Å². The fourth-order valence-electron chi connectivity index (χ4n) is 1.55. The Hall–Kier alpha value is -1.51. The number of hydrogen-bond donors (Lipinski definition) is 0. The lowest BCUT2D eigenvalue weighted by molar-refractivity contribution is 0.0535. The third kappa shape index (κ3) is 1.16. The van der Waals surface area contributed by atoms with Crippen molar-refractivity contribution in [3.05, 3.63) is 29.3 Å². The first-order valence-corrected chi connectivity index (χ1v) is 4.16. The minimum atomic E-state index is -0.210.